The van der Waals surface area contributed by atoms with Gasteiger partial charge in [0.1, 0.15) is 5.56 Å². The normalized spacial score (nSPS) is 11.5. The summed E-state index contributed by atoms with van der Waals surface area (Å²) in [7, 11) is 0. The lowest BCUT2D eigenvalue weighted by Gasteiger charge is -2.06. The molecule has 2 aromatic rings. The number of nitrogens with zero attached hydrogens (tertiary/aromatic N) is 1. The van der Waals surface area contributed by atoms with Gasteiger partial charge in [0.05, 0.1) is 0 Å². The van der Waals surface area contributed by atoms with Gasteiger partial charge in [-0.1, -0.05) is 35.5 Å². The maximum absolute atomic E-state index is 12.9. The van der Waals surface area contributed by atoms with Crippen LogP contribution in [0.2, 0.25) is 0 Å². The fraction of sp³-hybridized carbons (Fsp3) is 0.0909. The highest BCUT2D eigenvalue weighted by atomic mass is 19.4. The van der Waals surface area contributed by atoms with E-state index in [1.807, 2.05) is 0 Å². The Morgan fingerprint density at radius 3 is 2.33 bits per heavy atom. The van der Waals surface area contributed by atoms with Crippen molar-refractivity contribution >= 4 is 5.91 Å². The zero-order valence-electron chi connectivity index (χ0n) is 8.86. The molecule has 0 spiro atoms. The van der Waals surface area contributed by atoms with Gasteiger partial charge < -0.3 is 10.3 Å². The van der Waals surface area contributed by atoms with Crippen LogP contribution in [0.25, 0.3) is 11.3 Å². The second-order valence-electron chi connectivity index (χ2n) is 3.46. The molecule has 0 aliphatic carbocycles. The predicted octanol–water partition coefficient (Wildman–Crippen LogP) is 2.46. The van der Waals surface area contributed by atoms with E-state index in [2.05, 4.69) is 9.68 Å². The second-order valence-corrected chi connectivity index (χ2v) is 3.46. The highest BCUT2D eigenvalue weighted by molar-refractivity contribution is 5.94. The minimum atomic E-state index is -4.77. The molecule has 18 heavy (non-hydrogen) atoms. The summed E-state index contributed by atoms with van der Waals surface area (Å²) >= 11 is 0. The van der Waals surface area contributed by atoms with Crippen LogP contribution in [0.3, 0.4) is 0 Å². The van der Waals surface area contributed by atoms with Crippen LogP contribution in [0.15, 0.2) is 34.9 Å². The lowest BCUT2D eigenvalue weighted by Crippen LogP contribution is -2.18. The first-order valence-electron chi connectivity index (χ1n) is 4.83. The molecule has 0 aliphatic rings. The van der Waals surface area contributed by atoms with Gasteiger partial charge in [-0.2, -0.15) is 13.2 Å². The number of nitrogens with two attached hydrogens (primary N) is 1. The molecule has 2 N–H and O–H groups in total. The van der Waals surface area contributed by atoms with Gasteiger partial charge in [0.2, 0.25) is 0 Å². The van der Waals surface area contributed by atoms with Gasteiger partial charge in [0.15, 0.2) is 11.5 Å². The first-order chi connectivity index (χ1) is 8.41. The molecule has 0 fully saturated rings. The Kier molecular flexibility index (Phi) is 2.82. The van der Waals surface area contributed by atoms with E-state index >= 15 is 0 Å². The van der Waals surface area contributed by atoms with E-state index in [-0.39, 0.29) is 5.56 Å². The molecule has 1 aromatic heterocycles. The van der Waals surface area contributed by atoms with Crippen molar-refractivity contribution in [1.82, 2.24) is 5.16 Å². The SMILES string of the molecule is NC(=O)c1noc(-c2ccccc2)c1C(F)(F)F. The molecule has 7 heteroatoms. The number of hydrogen-bond acceptors (Lipinski definition) is 3. The number of halogens is 3. The number of aromatic nitrogens is 1. The van der Waals surface area contributed by atoms with Crippen molar-refractivity contribution in [3.05, 3.63) is 41.6 Å². The van der Waals surface area contributed by atoms with E-state index in [9.17, 15) is 18.0 Å². The number of carbonyl (C=O) groups is 1. The topological polar surface area (TPSA) is 69.1 Å². The van der Waals surface area contributed by atoms with Gasteiger partial charge in [-0.25, -0.2) is 0 Å². The largest absolute Gasteiger partial charge is 0.422 e. The van der Waals surface area contributed by atoms with Crippen molar-refractivity contribution in [1.29, 1.82) is 0 Å². The highest BCUT2D eigenvalue weighted by Gasteiger charge is 2.42. The Labute approximate surface area is 99.2 Å². The van der Waals surface area contributed by atoms with Crippen molar-refractivity contribution in [2.75, 3.05) is 0 Å². The molecule has 0 radical (unpaired) electrons. The van der Waals surface area contributed by atoms with E-state index < -0.39 is 29.1 Å². The van der Waals surface area contributed by atoms with Crippen LogP contribution < -0.4 is 5.73 Å². The average molecular weight is 256 g/mol. The summed E-state index contributed by atoms with van der Waals surface area (Å²) in [5.41, 5.74) is 2.85. The van der Waals surface area contributed by atoms with E-state index in [1.165, 1.54) is 12.1 Å². The molecule has 4 nitrogen and oxygen atoms in total. The van der Waals surface area contributed by atoms with Crippen molar-refractivity contribution < 1.29 is 22.5 Å². The molecule has 0 saturated heterocycles. The molecule has 1 heterocycles. The van der Waals surface area contributed by atoms with Crippen LogP contribution in [0.1, 0.15) is 16.1 Å². The number of primary amides is 1. The number of hydrogen-bond donors (Lipinski definition) is 1. The van der Waals surface area contributed by atoms with Gasteiger partial charge >= 0.3 is 6.18 Å². The molecule has 1 amide bonds. The van der Waals surface area contributed by atoms with Crippen LogP contribution in [-0.2, 0) is 6.18 Å². The summed E-state index contributed by atoms with van der Waals surface area (Å²) in [6, 6.07) is 7.56. The first-order valence-corrected chi connectivity index (χ1v) is 4.83. The summed E-state index contributed by atoms with van der Waals surface area (Å²) in [6.07, 6.45) is -4.77. The average Bonchev–Trinajstić information content (AvgIpc) is 2.74. The lowest BCUT2D eigenvalue weighted by atomic mass is 10.1. The summed E-state index contributed by atoms with van der Waals surface area (Å²) in [5.74, 6) is -1.80. The molecule has 0 saturated carbocycles. The van der Waals surface area contributed by atoms with Gasteiger partial charge in [0.25, 0.3) is 5.91 Å². The fourth-order valence-electron chi connectivity index (χ4n) is 1.51. The van der Waals surface area contributed by atoms with Crippen molar-refractivity contribution in [2.45, 2.75) is 6.18 Å². The minimum absolute atomic E-state index is 0.171. The summed E-state index contributed by atoms with van der Waals surface area (Å²) in [6.45, 7) is 0. The number of benzene rings is 1. The van der Waals surface area contributed by atoms with Crippen LogP contribution in [-0.4, -0.2) is 11.1 Å². The number of alkyl halides is 3. The standard InChI is InChI=1S/C11H7F3N2O2/c12-11(13,14)7-8(10(15)17)16-18-9(7)6-4-2-1-3-5-6/h1-5H,(H2,15,17). The molecule has 2 rings (SSSR count). The molecule has 1 aromatic carbocycles. The number of rotatable bonds is 2. The summed E-state index contributed by atoms with van der Waals surface area (Å²) in [4.78, 5) is 10.9. The van der Waals surface area contributed by atoms with Crippen LogP contribution in [0.4, 0.5) is 13.2 Å². The minimum Gasteiger partial charge on any atom is -0.364 e. The van der Waals surface area contributed by atoms with E-state index in [4.69, 9.17) is 5.73 Å². The summed E-state index contributed by atoms with van der Waals surface area (Å²) in [5, 5.41) is 3.09. The van der Waals surface area contributed by atoms with Crippen molar-refractivity contribution in [3.8, 4) is 11.3 Å². The zero-order valence-corrected chi connectivity index (χ0v) is 8.86. The highest BCUT2D eigenvalue weighted by Crippen LogP contribution is 2.39. The Bertz CT molecular complexity index is 576. The zero-order chi connectivity index (χ0) is 13.3. The third-order valence-electron chi connectivity index (χ3n) is 2.24. The third-order valence-corrected chi connectivity index (χ3v) is 2.24. The quantitative estimate of drug-likeness (QED) is 0.897. The summed E-state index contributed by atoms with van der Waals surface area (Å²) < 4.78 is 43.2. The first kappa shape index (κ1) is 12.2. The molecule has 0 unspecified atom stereocenters. The Morgan fingerprint density at radius 2 is 1.83 bits per heavy atom. The fourth-order valence-corrected chi connectivity index (χ4v) is 1.51. The molecule has 94 valence electrons. The molecule has 0 aliphatic heterocycles. The Morgan fingerprint density at radius 1 is 1.22 bits per heavy atom. The van der Waals surface area contributed by atoms with Crippen LogP contribution in [0, 0.1) is 0 Å². The molecule has 0 bridgehead atoms. The van der Waals surface area contributed by atoms with Crippen molar-refractivity contribution in [3.63, 3.8) is 0 Å². The van der Waals surface area contributed by atoms with Gasteiger partial charge in [-0.15, -0.1) is 0 Å². The van der Waals surface area contributed by atoms with Crippen molar-refractivity contribution in [2.24, 2.45) is 5.73 Å². The van der Waals surface area contributed by atoms with Gasteiger partial charge in [-0.05, 0) is 0 Å². The van der Waals surface area contributed by atoms with E-state index in [0.717, 1.165) is 0 Å². The molecular weight excluding hydrogens is 249 g/mol. The second kappa shape index (κ2) is 4.17. The maximum atomic E-state index is 12.9. The number of carbonyl (C=O) groups excluding carboxylic acids is 1. The van der Waals surface area contributed by atoms with Crippen LogP contribution >= 0.6 is 0 Å². The van der Waals surface area contributed by atoms with E-state index in [0.29, 0.717) is 0 Å². The Balaban J connectivity index is 2.67. The molecule has 0 atom stereocenters. The Hall–Kier alpha value is -2.31. The smallest absolute Gasteiger partial charge is 0.364 e. The maximum Gasteiger partial charge on any atom is 0.422 e. The third kappa shape index (κ3) is 2.06. The van der Waals surface area contributed by atoms with Gasteiger partial charge in [-0.3, -0.25) is 4.79 Å². The lowest BCUT2D eigenvalue weighted by molar-refractivity contribution is -0.137. The van der Waals surface area contributed by atoms with Crippen LogP contribution in [0.5, 0.6) is 0 Å². The predicted molar refractivity (Wildman–Crippen MR) is 55.5 cm³/mol. The number of amides is 1. The monoisotopic (exact) mass is 256 g/mol. The van der Waals surface area contributed by atoms with Gasteiger partial charge in [0, 0.05) is 5.56 Å². The van der Waals surface area contributed by atoms with E-state index in [1.54, 1.807) is 18.2 Å². The molecular formula is C11H7F3N2O2.